The first-order valence-electron chi connectivity index (χ1n) is 4.99. The number of carbonyl (C=O) groups is 1. The number of rotatable bonds is 4. The van der Waals surface area contributed by atoms with Crippen LogP contribution in [0, 0.1) is 5.92 Å². The highest BCUT2D eigenvalue weighted by atomic mass is 16.5. The van der Waals surface area contributed by atoms with Crippen molar-refractivity contribution in [3.8, 4) is 0 Å². The molecule has 0 spiro atoms. The highest BCUT2D eigenvalue weighted by molar-refractivity contribution is 5.85. The monoisotopic (exact) mass is 206 g/mol. The number of methoxy groups -OCH3 is 1. The highest BCUT2D eigenvalue weighted by Gasteiger charge is 2.61. The normalized spacial score (nSPS) is 28.7. The molecule has 1 aliphatic rings. The number of hydrogen-bond donors (Lipinski definition) is 1. The van der Waals surface area contributed by atoms with Crippen molar-refractivity contribution in [2.45, 2.75) is 11.8 Å². The van der Waals surface area contributed by atoms with Gasteiger partial charge < -0.3 is 9.84 Å². The summed E-state index contributed by atoms with van der Waals surface area (Å²) in [6.45, 7) is 0.515. The molecule has 1 fully saturated rings. The molecular formula is C12H14O3. The number of benzene rings is 1. The van der Waals surface area contributed by atoms with Crippen LogP contribution in [-0.2, 0) is 14.9 Å². The van der Waals surface area contributed by atoms with Crippen molar-refractivity contribution in [2.75, 3.05) is 13.7 Å². The number of ether oxygens (including phenoxy) is 1. The van der Waals surface area contributed by atoms with E-state index in [9.17, 15) is 9.90 Å². The fourth-order valence-electron chi connectivity index (χ4n) is 2.21. The van der Waals surface area contributed by atoms with E-state index in [2.05, 4.69) is 0 Å². The second-order valence-corrected chi connectivity index (χ2v) is 4.00. The van der Waals surface area contributed by atoms with E-state index in [4.69, 9.17) is 4.74 Å². The average molecular weight is 206 g/mol. The molecule has 0 radical (unpaired) electrons. The van der Waals surface area contributed by atoms with Gasteiger partial charge in [-0.05, 0) is 12.0 Å². The average Bonchev–Trinajstić information content (AvgIpc) is 2.96. The summed E-state index contributed by atoms with van der Waals surface area (Å²) in [5.74, 6) is -0.627. The first kappa shape index (κ1) is 10.2. The first-order valence-corrected chi connectivity index (χ1v) is 4.99. The van der Waals surface area contributed by atoms with Gasteiger partial charge in [0.05, 0.1) is 12.0 Å². The third kappa shape index (κ3) is 1.53. The summed E-state index contributed by atoms with van der Waals surface area (Å²) in [4.78, 5) is 11.3. The third-order valence-electron chi connectivity index (χ3n) is 3.14. The second-order valence-electron chi connectivity index (χ2n) is 4.00. The minimum atomic E-state index is -0.740. The van der Waals surface area contributed by atoms with Crippen LogP contribution in [0.4, 0.5) is 0 Å². The lowest BCUT2D eigenvalue weighted by Crippen LogP contribution is -2.23. The number of carboxylic acids is 1. The molecule has 1 aromatic carbocycles. The molecule has 0 amide bonds. The van der Waals surface area contributed by atoms with E-state index in [1.54, 1.807) is 7.11 Å². The summed E-state index contributed by atoms with van der Waals surface area (Å²) < 4.78 is 5.03. The van der Waals surface area contributed by atoms with Crippen LogP contribution < -0.4 is 0 Å². The Bertz CT molecular complexity index is 360. The molecule has 0 saturated heterocycles. The molecule has 0 heterocycles. The molecule has 0 aliphatic heterocycles. The van der Waals surface area contributed by atoms with Gasteiger partial charge in [-0.3, -0.25) is 4.79 Å². The molecular weight excluding hydrogens is 192 g/mol. The molecule has 0 bridgehead atoms. The van der Waals surface area contributed by atoms with Crippen LogP contribution >= 0.6 is 0 Å². The molecule has 2 atom stereocenters. The zero-order chi connectivity index (χ0) is 10.9. The topological polar surface area (TPSA) is 46.5 Å². The number of aliphatic carboxylic acids is 1. The Morgan fingerprint density at radius 2 is 2.20 bits per heavy atom. The summed E-state index contributed by atoms with van der Waals surface area (Å²) in [7, 11) is 1.61. The van der Waals surface area contributed by atoms with Crippen molar-refractivity contribution in [2.24, 2.45) is 5.92 Å². The van der Waals surface area contributed by atoms with Gasteiger partial charge in [0, 0.05) is 13.0 Å². The minimum Gasteiger partial charge on any atom is -0.481 e. The van der Waals surface area contributed by atoms with Gasteiger partial charge in [-0.2, -0.15) is 0 Å². The van der Waals surface area contributed by atoms with Gasteiger partial charge in [0.25, 0.3) is 0 Å². The van der Waals surface area contributed by atoms with Crippen molar-refractivity contribution in [1.29, 1.82) is 0 Å². The Morgan fingerprint density at radius 3 is 2.73 bits per heavy atom. The minimum absolute atomic E-state index is 0.113. The fourth-order valence-corrected chi connectivity index (χ4v) is 2.21. The molecule has 1 saturated carbocycles. The van der Waals surface area contributed by atoms with Crippen molar-refractivity contribution >= 4 is 5.97 Å². The molecule has 2 unspecified atom stereocenters. The van der Waals surface area contributed by atoms with Gasteiger partial charge in [-0.25, -0.2) is 0 Å². The van der Waals surface area contributed by atoms with E-state index >= 15 is 0 Å². The van der Waals surface area contributed by atoms with Crippen LogP contribution in [0.5, 0.6) is 0 Å². The predicted molar refractivity (Wildman–Crippen MR) is 55.7 cm³/mol. The third-order valence-corrected chi connectivity index (χ3v) is 3.14. The summed E-state index contributed by atoms with van der Waals surface area (Å²) >= 11 is 0. The van der Waals surface area contributed by atoms with Gasteiger partial charge >= 0.3 is 5.97 Å². The Morgan fingerprint density at radius 1 is 1.53 bits per heavy atom. The van der Waals surface area contributed by atoms with E-state index in [1.807, 2.05) is 30.3 Å². The van der Waals surface area contributed by atoms with Gasteiger partial charge in [0.15, 0.2) is 0 Å². The second kappa shape index (κ2) is 3.66. The van der Waals surface area contributed by atoms with Crippen LogP contribution in [-0.4, -0.2) is 24.8 Å². The standard InChI is InChI=1S/C12H14O3/c1-15-8-10-7-12(10,11(13)14)9-5-3-2-4-6-9/h2-6,10H,7-8H2,1H3,(H,13,14). The Labute approximate surface area is 88.7 Å². The summed E-state index contributed by atoms with van der Waals surface area (Å²) in [6.07, 6.45) is 0.681. The maximum absolute atomic E-state index is 11.3. The fraction of sp³-hybridized carbons (Fsp3) is 0.417. The lowest BCUT2D eigenvalue weighted by molar-refractivity contribution is -0.140. The number of hydrogen-bond acceptors (Lipinski definition) is 2. The maximum atomic E-state index is 11.3. The van der Waals surface area contributed by atoms with Crippen molar-refractivity contribution in [1.82, 2.24) is 0 Å². The van der Waals surface area contributed by atoms with E-state index in [-0.39, 0.29) is 5.92 Å². The molecule has 2 rings (SSSR count). The molecule has 3 heteroatoms. The predicted octanol–water partition coefficient (Wildman–Crippen LogP) is 1.68. The molecule has 1 aliphatic carbocycles. The molecule has 1 aromatic rings. The largest absolute Gasteiger partial charge is 0.481 e. The van der Waals surface area contributed by atoms with Crippen molar-refractivity contribution in [3.63, 3.8) is 0 Å². The van der Waals surface area contributed by atoms with E-state index in [1.165, 1.54) is 0 Å². The zero-order valence-corrected chi connectivity index (χ0v) is 8.64. The maximum Gasteiger partial charge on any atom is 0.314 e. The first-order chi connectivity index (χ1) is 7.21. The summed E-state index contributed by atoms with van der Waals surface area (Å²) in [5.41, 5.74) is 0.191. The van der Waals surface area contributed by atoms with Crippen molar-refractivity contribution in [3.05, 3.63) is 35.9 Å². The van der Waals surface area contributed by atoms with Crippen LogP contribution in [0.2, 0.25) is 0 Å². The lowest BCUT2D eigenvalue weighted by Gasteiger charge is -2.12. The van der Waals surface area contributed by atoms with Crippen molar-refractivity contribution < 1.29 is 14.6 Å². The van der Waals surface area contributed by atoms with Gasteiger partial charge in [-0.1, -0.05) is 30.3 Å². The quantitative estimate of drug-likeness (QED) is 0.815. The van der Waals surface area contributed by atoms with Crippen LogP contribution in [0.1, 0.15) is 12.0 Å². The van der Waals surface area contributed by atoms with Crippen LogP contribution in [0.3, 0.4) is 0 Å². The SMILES string of the molecule is COCC1CC1(C(=O)O)c1ccccc1. The van der Waals surface area contributed by atoms with Gasteiger partial charge in [-0.15, -0.1) is 0 Å². The van der Waals surface area contributed by atoms with E-state index in [0.717, 1.165) is 5.56 Å². The Balaban J connectivity index is 2.28. The highest BCUT2D eigenvalue weighted by Crippen LogP contribution is 2.54. The van der Waals surface area contributed by atoms with Crippen LogP contribution in [0.25, 0.3) is 0 Å². The van der Waals surface area contributed by atoms with E-state index in [0.29, 0.717) is 13.0 Å². The molecule has 80 valence electrons. The van der Waals surface area contributed by atoms with Crippen LogP contribution in [0.15, 0.2) is 30.3 Å². The molecule has 15 heavy (non-hydrogen) atoms. The molecule has 3 nitrogen and oxygen atoms in total. The smallest absolute Gasteiger partial charge is 0.314 e. The molecule has 1 N–H and O–H groups in total. The Kier molecular flexibility index (Phi) is 2.49. The summed E-state index contributed by atoms with van der Waals surface area (Å²) in [6, 6.07) is 9.41. The van der Waals surface area contributed by atoms with Gasteiger partial charge in [0.2, 0.25) is 0 Å². The molecule has 0 aromatic heterocycles. The number of carboxylic acid groups (broad SMARTS) is 1. The zero-order valence-electron chi connectivity index (χ0n) is 8.64. The van der Waals surface area contributed by atoms with Gasteiger partial charge in [0.1, 0.15) is 0 Å². The lowest BCUT2D eigenvalue weighted by atomic mass is 9.93. The summed E-state index contributed by atoms with van der Waals surface area (Å²) in [5, 5.41) is 9.30. The Hall–Kier alpha value is -1.35. The van der Waals surface area contributed by atoms with E-state index < -0.39 is 11.4 Å².